The van der Waals surface area contributed by atoms with E-state index < -0.39 is 17.7 Å². The van der Waals surface area contributed by atoms with Gasteiger partial charge in [0, 0.05) is 18.3 Å². The molecule has 0 radical (unpaired) electrons. The van der Waals surface area contributed by atoms with Crippen LogP contribution >= 0.6 is 0 Å². The smallest absolute Gasteiger partial charge is 0.341 e. The van der Waals surface area contributed by atoms with Gasteiger partial charge in [-0.2, -0.15) is 4.99 Å². The van der Waals surface area contributed by atoms with Crippen molar-refractivity contribution in [3.05, 3.63) is 87.5 Å². The summed E-state index contributed by atoms with van der Waals surface area (Å²) in [4.78, 5) is 48.0. The largest absolute Gasteiger partial charge is 0.462 e. The van der Waals surface area contributed by atoms with Crippen LogP contribution in [0, 0.1) is 11.7 Å². The zero-order valence-corrected chi connectivity index (χ0v) is 19.0. The molecule has 0 spiro atoms. The molecule has 1 aromatic carbocycles. The van der Waals surface area contributed by atoms with E-state index in [4.69, 9.17) is 4.74 Å². The molecular formula is C25H23FN4O4. The Labute approximate surface area is 194 Å². The van der Waals surface area contributed by atoms with E-state index in [1.165, 1.54) is 22.6 Å². The van der Waals surface area contributed by atoms with Crippen LogP contribution in [-0.4, -0.2) is 32.4 Å². The number of esters is 1. The Morgan fingerprint density at radius 1 is 1.15 bits per heavy atom. The minimum absolute atomic E-state index is 0.0276. The molecular weight excluding hydrogens is 439 g/mol. The third-order valence-corrected chi connectivity index (χ3v) is 5.13. The zero-order chi connectivity index (χ0) is 24.4. The average molecular weight is 462 g/mol. The Morgan fingerprint density at radius 3 is 2.56 bits per heavy atom. The predicted molar refractivity (Wildman–Crippen MR) is 124 cm³/mol. The highest BCUT2D eigenvalue weighted by atomic mass is 19.1. The maximum atomic E-state index is 13.3. The van der Waals surface area contributed by atoms with Crippen LogP contribution in [-0.2, 0) is 11.3 Å². The van der Waals surface area contributed by atoms with E-state index in [0.717, 1.165) is 12.1 Å². The number of amides is 1. The number of nitrogens with zero attached hydrogens (tertiary/aromatic N) is 4. The lowest BCUT2D eigenvalue weighted by molar-refractivity contribution is 0.0523. The van der Waals surface area contributed by atoms with E-state index in [1.807, 2.05) is 13.8 Å². The number of pyridine rings is 2. The number of rotatable bonds is 5. The number of hydrogen-bond acceptors (Lipinski definition) is 5. The lowest BCUT2D eigenvalue weighted by Gasteiger charge is -2.16. The van der Waals surface area contributed by atoms with Crippen LogP contribution in [0.1, 0.15) is 41.5 Å². The zero-order valence-electron chi connectivity index (χ0n) is 19.0. The topological polar surface area (TPSA) is 95.0 Å². The van der Waals surface area contributed by atoms with Crippen LogP contribution in [0.3, 0.4) is 0 Å². The Hall–Kier alpha value is -4.14. The quantitative estimate of drug-likeness (QED) is 0.335. The summed E-state index contributed by atoms with van der Waals surface area (Å²) in [6.45, 7) is 5.99. The molecule has 4 rings (SSSR count). The number of halogens is 1. The molecule has 174 valence electrons. The highest BCUT2D eigenvalue weighted by molar-refractivity contribution is 5.97. The van der Waals surface area contributed by atoms with Crippen molar-refractivity contribution >= 4 is 28.6 Å². The molecule has 9 heteroatoms. The maximum absolute atomic E-state index is 13.3. The van der Waals surface area contributed by atoms with Gasteiger partial charge in [0.1, 0.15) is 22.7 Å². The lowest BCUT2D eigenvalue weighted by atomic mass is 10.1. The second-order valence-electron chi connectivity index (χ2n) is 8.11. The third-order valence-electron chi connectivity index (χ3n) is 5.13. The number of fused-ring (bicyclic) bond motifs is 2. The fourth-order valence-corrected chi connectivity index (χ4v) is 3.65. The monoisotopic (exact) mass is 462 g/mol. The highest BCUT2D eigenvalue weighted by Gasteiger charge is 2.20. The summed E-state index contributed by atoms with van der Waals surface area (Å²) >= 11 is 0. The van der Waals surface area contributed by atoms with E-state index in [2.05, 4.69) is 9.98 Å². The molecule has 3 heterocycles. The molecule has 4 aromatic rings. The van der Waals surface area contributed by atoms with E-state index in [-0.39, 0.29) is 40.1 Å². The summed E-state index contributed by atoms with van der Waals surface area (Å²) in [7, 11) is 0. The Kier molecular flexibility index (Phi) is 6.36. The first-order valence-corrected chi connectivity index (χ1v) is 10.9. The van der Waals surface area contributed by atoms with Crippen LogP contribution in [0.15, 0.2) is 64.5 Å². The summed E-state index contributed by atoms with van der Waals surface area (Å²) < 4.78 is 21.5. The molecule has 0 aliphatic carbocycles. The molecule has 0 aliphatic heterocycles. The second-order valence-corrected chi connectivity index (χ2v) is 8.11. The molecule has 34 heavy (non-hydrogen) atoms. The van der Waals surface area contributed by atoms with Gasteiger partial charge in [-0.25, -0.2) is 14.2 Å². The first-order chi connectivity index (χ1) is 16.3. The van der Waals surface area contributed by atoms with Crippen molar-refractivity contribution < 1.29 is 18.7 Å². The molecule has 0 bridgehead atoms. The molecule has 3 aromatic heterocycles. The first-order valence-electron chi connectivity index (χ1n) is 10.9. The van der Waals surface area contributed by atoms with Gasteiger partial charge in [-0.15, -0.1) is 0 Å². The summed E-state index contributed by atoms with van der Waals surface area (Å²) in [5.74, 6) is -1.80. The standard InChI is InChI=1S/C25H23FN4O4/c1-4-34-25(33)19-13-18-21(27-20-7-5-6-12-29(20)24(18)32)30(14-15(2)3)22(19)28-23(31)16-8-10-17(26)11-9-16/h5-13,15H,4,14H2,1-3H3. The molecule has 8 nitrogen and oxygen atoms in total. The number of aromatic nitrogens is 3. The van der Waals surface area contributed by atoms with Gasteiger partial charge in [-0.1, -0.05) is 19.9 Å². The maximum Gasteiger partial charge on any atom is 0.341 e. The summed E-state index contributed by atoms with van der Waals surface area (Å²) in [6, 6.07) is 11.5. The summed E-state index contributed by atoms with van der Waals surface area (Å²) in [5, 5.41) is 0.195. The average Bonchev–Trinajstić information content (AvgIpc) is 2.81. The number of ether oxygens (including phenoxy) is 1. The normalized spacial score (nSPS) is 12.0. The van der Waals surface area contributed by atoms with Crippen LogP contribution in [0.5, 0.6) is 0 Å². The SMILES string of the molecule is CCOC(=O)c1cc2c(=O)n3ccccc3nc2n(CC(C)C)c1=NC(=O)c1ccc(F)cc1. The molecule has 0 atom stereocenters. The summed E-state index contributed by atoms with van der Waals surface area (Å²) in [5.41, 5.74) is 0.501. The van der Waals surface area contributed by atoms with Crippen LogP contribution in [0.25, 0.3) is 16.7 Å². The third kappa shape index (κ3) is 4.36. The van der Waals surface area contributed by atoms with Crippen molar-refractivity contribution in [1.29, 1.82) is 0 Å². The number of hydrogen-bond donors (Lipinski definition) is 0. The Balaban J connectivity index is 2.12. The minimum Gasteiger partial charge on any atom is -0.462 e. The molecule has 0 aliphatic rings. The van der Waals surface area contributed by atoms with Crippen molar-refractivity contribution in [3.63, 3.8) is 0 Å². The molecule has 0 unspecified atom stereocenters. The van der Waals surface area contributed by atoms with Gasteiger partial charge in [-0.05, 0) is 55.3 Å². The lowest BCUT2D eigenvalue weighted by Crippen LogP contribution is -2.33. The van der Waals surface area contributed by atoms with Crippen molar-refractivity contribution in [2.24, 2.45) is 10.9 Å². The van der Waals surface area contributed by atoms with Crippen LogP contribution in [0.2, 0.25) is 0 Å². The van der Waals surface area contributed by atoms with Crippen LogP contribution < -0.4 is 11.0 Å². The van der Waals surface area contributed by atoms with Gasteiger partial charge in [0.15, 0.2) is 5.49 Å². The minimum atomic E-state index is -0.717. The molecule has 0 fully saturated rings. The summed E-state index contributed by atoms with van der Waals surface area (Å²) in [6.07, 6.45) is 1.59. The van der Waals surface area contributed by atoms with E-state index in [0.29, 0.717) is 17.8 Å². The second kappa shape index (κ2) is 9.38. The van der Waals surface area contributed by atoms with Gasteiger partial charge in [-0.3, -0.25) is 14.0 Å². The van der Waals surface area contributed by atoms with E-state index in [9.17, 15) is 18.8 Å². The van der Waals surface area contributed by atoms with Gasteiger partial charge in [0.05, 0.1) is 12.0 Å². The number of carbonyl (C=O) groups excluding carboxylic acids is 2. The molecule has 0 saturated heterocycles. The van der Waals surface area contributed by atoms with E-state index in [1.54, 1.807) is 35.9 Å². The molecule has 0 N–H and O–H groups in total. The van der Waals surface area contributed by atoms with Crippen molar-refractivity contribution in [2.75, 3.05) is 6.61 Å². The number of benzene rings is 1. The van der Waals surface area contributed by atoms with E-state index >= 15 is 0 Å². The van der Waals surface area contributed by atoms with Gasteiger partial charge in [0.2, 0.25) is 0 Å². The van der Waals surface area contributed by atoms with Crippen molar-refractivity contribution in [1.82, 2.24) is 14.0 Å². The van der Waals surface area contributed by atoms with Gasteiger partial charge >= 0.3 is 5.97 Å². The van der Waals surface area contributed by atoms with Gasteiger partial charge in [0.25, 0.3) is 11.5 Å². The molecule has 1 amide bonds. The Bertz CT molecular complexity index is 1540. The number of carbonyl (C=O) groups is 2. The van der Waals surface area contributed by atoms with Gasteiger partial charge < -0.3 is 9.30 Å². The fourth-order valence-electron chi connectivity index (χ4n) is 3.65. The highest BCUT2D eigenvalue weighted by Crippen LogP contribution is 2.14. The predicted octanol–water partition coefficient (Wildman–Crippen LogP) is 3.36. The fraction of sp³-hybridized carbons (Fsp3) is 0.240. The first kappa shape index (κ1) is 23.0. The van der Waals surface area contributed by atoms with Crippen molar-refractivity contribution in [3.8, 4) is 0 Å². The Morgan fingerprint density at radius 2 is 1.88 bits per heavy atom. The molecule has 0 saturated carbocycles. The van der Waals surface area contributed by atoms with Crippen LogP contribution in [0.4, 0.5) is 4.39 Å². The van der Waals surface area contributed by atoms with Crippen molar-refractivity contribution in [2.45, 2.75) is 27.3 Å².